The molecule has 0 saturated carbocycles. The zero-order valence-electron chi connectivity index (χ0n) is 15.0. The summed E-state index contributed by atoms with van der Waals surface area (Å²) < 4.78 is 20.2. The average Bonchev–Trinajstić information content (AvgIpc) is 3.29. The monoisotopic (exact) mass is 407 g/mol. The Hall–Kier alpha value is -3.27. The van der Waals surface area contributed by atoms with Gasteiger partial charge in [0.15, 0.2) is 12.4 Å². The Morgan fingerprint density at radius 1 is 1.45 bits per heavy atom. The molecule has 0 aliphatic carbocycles. The van der Waals surface area contributed by atoms with Crippen molar-refractivity contribution in [3.8, 4) is 11.8 Å². The summed E-state index contributed by atoms with van der Waals surface area (Å²) >= 11 is 0. The van der Waals surface area contributed by atoms with Crippen molar-refractivity contribution in [1.29, 1.82) is 0 Å². The van der Waals surface area contributed by atoms with E-state index in [4.69, 9.17) is 9.84 Å². The molecule has 5 N–H and O–H groups in total. The summed E-state index contributed by atoms with van der Waals surface area (Å²) in [5.74, 6) is 4.74. The van der Waals surface area contributed by atoms with Crippen molar-refractivity contribution < 1.29 is 24.1 Å². The van der Waals surface area contributed by atoms with E-state index in [2.05, 4.69) is 27.1 Å². The minimum absolute atomic E-state index is 0.0670. The number of aliphatic hydroxyl groups is 2. The Kier molecular flexibility index (Phi) is 6.23. The van der Waals surface area contributed by atoms with Crippen molar-refractivity contribution in [3.63, 3.8) is 0 Å². The van der Waals surface area contributed by atoms with E-state index >= 15 is 0 Å². The topological polar surface area (TPSA) is 162 Å². The molecule has 1 saturated heterocycles. The number of alkyl halides is 1. The van der Waals surface area contributed by atoms with Gasteiger partial charge in [-0.3, -0.25) is 19.1 Å². The number of rotatable bonds is 5. The van der Waals surface area contributed by atoms with Gasteiger partial charge in [0.25, 0.3) is 5.56 Å². The number of halogens is 1. The SMILES string of the molecule is O=C(Cc1cnc[nH]1)NCC#Cc1cn([C@@H]2O[C@H](CO)[C@H](O)C2F)c(=O)[nH]c1=O. The summed E-state index contributed by atoms with van der Waals surface area (Å²) in [5.41, 5.74) is -1.29. The minimum Gasteiger partial charge on any atom is -0.394 e. The van der Waals surface area contributed by atoms with Crippen LogP contribution in [0.3, 0.4) is 0 Å². The van der Waals surface area contributed by atoms with Gasteiger partial charge >= 0.3 is 5.69 Å². The summed E-state index contributed by atoms with van der Waals surface area (Å²) in [6, 6.07) is 0. The Morgan fingerprint density at radius 3 is 2.90 bits per heavy atom. The molecular formula is C17H18FN5O6. The predicted molar refractivity (Wildman–Crippen MR) is 95.4 cm³/mol. The summed E-state index contributed by atoms with van der Waals surface area (Å²) in [6.07, 6.45) is -2.30. The number of carbonyl (C=O) groups is 1. The third kappa shape index (κ3) is 4.60. The summed E-state index contributed by atoms with van der Waals surface area (Å²) in [5, 5.41) is 21.3. The minimum atomic E-state index is -1.99. The Morgan fingerprint density at radius 2 is 2.24 bits per heavy atom. The van der Waals surface area contributed by atoms with Crippen molar-refractivity contribution in [2.45, 2.75) is 31.0 Å². The maximum absolute atomic E-state index is 14.2. The van der Waals surface area contributed by atoms with Gasteiger partial charge in [0, 0.05) is 18.1 Å². The molecule has 1 fully saturated rings. The van der Waals surface area contributed by atoms with Crippen LogP contribution in [-0.2, 0) is 16.0 Å². The predicted octanol–water partition coefficient (Wildman–Crippen LogP) is -2.44. The summed E-state index contributed by atoms with van der Waals surface area (Å²) in [6.45, 7) is -0.705. The molecule has 1 amide bonds. The zero-order chi connectivity index (χ0) is 21.0. The molecule has 0 spiro atoms. The van der Waals surface area contributed by atoms with Crippen LogP contribution in [0.2, 0.25) is 0 Å². The number of hydrogen-bond acceptors (Lipinski definition) is 7. The molecular weight excluding hydrogens is 389 g/mol. The second kappa shape index (κ2) is 8.82. The van der Waals surface area contributed by atoms with Gasteiger partial charge in [0.05, 0.1) is 25.9 Å². The van der Waals surface area contributed by atoms with Crippen LogP contribution in [-0.4, -0.2) is 67.2 Å². The van der Waals surface area contributed by atoms with Crippen LogP contribution in [0.25, 0.3) is 0 Å². The highest BCUT2D eigenvalue weighted by atomic mass is 19.1. The molecule has 12 heteroatoms. The molecule has 11 nitrogen and oxygen atoms in total. The molecule has 1 aliphatic rings. The van der Waals surface area contributed by atoms with E-state index < -0.39 is 42.5 Å². The first-order valence-electron chi connectivity index (χ1n) is 8.57. The van der Waals surface area contributed by atoms with Gasteiger partial charge in [-0.1, -0.05) is 11.8 Å². The molecule has 29 heavy (non-hydrogen) atoms. The maximum Gasteiger partial charge on any atom is 0.330 e. The highest BCUT2D eigenvalue weighted by Gasteiger charge is 2.45. The Balaban J connectivity index is 1.70. The lowest BCUT2D eigenvalue weighted by molar-refractivity contribution is -0.120. The number of carbonyl (C=O) groups excluding carboxylic acids is 1. The number of aliphatic hydroxyl groups excluding tert-OH is 2. The van der Waals surface area contributed by atoms with Gasteiger partial charge in [-0.15, -0.1) is 0 Å². The van der Waals surface area contributed by atoms with E-state index in [0.29, 0.717) is 5.69 Å². The fourth-order valence-corrected chi connectivity index (χ4v) is 2.74. The number of imidazole rings is 1. The first kappa shape index (κ1) is 20.5. The van der Waals surface area contributed by atoms with Crippen LogP contribution in [0.1, 0.15) is 17.5 Å². The standard InChI is InChI=1S/C17H18FN5O6/c18-13-14(26)11(7-24)29-16(13)23-6-9(15(27)22-17(23)28)2-1-3-20-12(25)4-10-5-19-8-21-10/h5-6,8,11,13-14,16,24,26H,3-4,7H2,(H,19,21)(H,20,25)(H,22,27,28)/t11-,13?,14+,16-/m1/s1. The normalized spacial score (nSPS) is 23.4. The molecule has 3 heterocycles. The lowest BCUT2D eigenvalue weighted by Crippen LogP contribution is -2.37. The van der Waals surface area contributed by atoms with Crippen LogP contribution < -0.4 is 16.6 Å². The Labute approximate surface area is 162 Å². The number of ether oxygens (including phenoxy) is 1. The molecule has 2 aromatic rings. The smallest absolute Gasteiger partial charge is 0.330 e. The first-order chi connectivity index (χ1) is 13.9. The van der Waals surface area contributed by atoms with Crippen LogP contribution in [0, 0.1) is 11.8 Å². The summed E-state index contributed by atoms with van der Waals surface area (Å²) in [7, 11) is 0. The highest BCUT2D eigenvalue weighted by molar-refractivity contribution is 5.78. The molecule has 0 radical (unpaired) electrons. The molecule has 0 aromatic carbocycles. The average molecular weight is 407 g/mol. The van der Waals surface area contributed by atoms with E-state index in [0.717, 1.165) is 10.8 Å². The molecule has 2 aromatic heterocycles. The lowest BCUT2D eigenvalue weighted by Gasteiger charge is -2.15. The number of aromatic nitrogens is 4. The number of nitrogens with one attached hydrogen (secondary N) is 3. The second-order valence-electron chi connectivity index (χ2n) is 6.22. The third-order valence-corrected chi connectivity index (χ3v) is 4.22. The van der Waals surface area contributed by atoms with E-state index in [9.17, 15) is 23.9 Å². The van der Waals surface area contributed by atoms with Crippen molar-refractivity contribution in [2.24, 2.45) is 0 Å². The fraction of sp³-hybridized carbons (Fsp3) is 0.412. The largest absolute Gasteiger partial charge is 0.394 e. The molecule has 4 atom stereocenters. The quantitative estimate of drug-likeness (QED) is 0.344. The summed E-state index contributed by atoms with van der Waals surface area (Å²) in [4.78, 5) is 44.2. The maximum atomic E-state index is 14.2. The van der Waals surface area contributed by atoms with Gasteiger partial charge in [-0.2, -0.15) is 0 Å². The van der Waals surface area contributed by atoms with E-state index in [-0.39, 0.29) is 24.4 Å². The lowest BCUT2D eigenvalue weighted by atomic mass is 10.1. The number of H-pyrrole nitrogens is 2. The zero-order valence-corrected chi connectivity index (χ0v) is 15.0. The molecule has 3 rings (SSSR count). The third-order valence-electron chi connectivity index (χ3n) is 4.22. The van der Waals surface area contributed by atoms with E-state index in [1.54, 1.807) is 0 Å². The number of amides is 1. The van der Waals surface area contributed by atoms with Gasteiger partial charge in [0.1, 0.15) is 17.8 Å². The molecule has 0 bridgehead atoms. The number of nitrogens with zero attached hydrogens (tertiary/aromatic N) is 2. The van der Waals surface area contributed by atoms with Gasteiger partial charge in [-0.25, -0.2) is 14.2 Å². The number of hydrogen-bond donors (Lipinski definition) is 5. The van der Waals surface area contributed by atoms with Crippen LogP contribution in [0.5, 0.6) is 0 Å². The van der Waals surface area contributed by atoms with Crippen LogP contribution >= 0.6 is 0 Å². The highest BCUT2D eigenvalue weighted by Crippen LogP contribution is 2.30. The van der Waals surface area contributed by atoms with Crippen molar-refractivity contribution in [1.82, 2.24) is 24.8 Å². The molecule has 1 aliphatic heterocycles. The van der Waals surface area contributed by atoms with E-state index in [1.807, 2.05) is 4.98 Å². The molecule has 1 unspecified atom stereocenters. The van der Waals surface area contributed by atoms with Crippen molar-refractivity contribution in [2.75, 3.05) is 13.2 Å². The van der Waals surface area contributed by atoms with Crippen molar-refractivity contribution in [3.05, 3.63) is 50.8 Å². The van der Waals surface area contributed by atoms with Gasteiger partial charge in [0.2, 0.25) is 5.91 Å². The number of aromatic amines is 2. The van der Waals surface area contributed by atoms with Crippen LogP contribution in [0.4, 0.5) is 4.39 Å². The second-order valence-corrected chi connectivity index (χ2v) is 6.22. The fourth-order valence-electron chi connectivity index (χ4n) is 2.74. The van der Waals surface area contributed by atoms with Gasteiger partial charge in [-0.05, 0) is 0 Å². The van der Waals surface area contributed by atoms with E-state index in [1.165, 1.54) is 12.5 Å². The van der Waals surface area contributed by atoms with Crippen molar-refractivity contribution >= 4 is 5.91 Å². The Bertz CT molecular complexity index is 1040. The molecule has 154 valence electrons. The first-order valence-corrected chi connectivity index (χ1v) is 8.57. The van der Waals surface area contributed by atoms with Crippen LogP contribution in [0.15, 0.2) is 28.3 Å². The van der Waals surface area contributed by atoms with Gasteiger partial charge < -0.3 is 25.3 Å².